The molecule has 1 unspecified atom stereocenters. The Labute approximate surface area is 132 Å². The van der Waals surface area contributed by atoms with Crippen molar-refractivity contribution in [1.29, 1.82) is 0 Å². The Balaban J connectivity index is 2.12. The number of aryl methyl sites for hydroxylation is 1. The summed E-state index contributed by atoms with van der Waals surface area (Å²) in [7, 11) is 0. The van der Waals surface area contributed by atoms with Crippen LogP contribution in [0, 0.1) is 0 Å². The lowest BCUT2D eigenvalue weighted by Gasteiger charge is -2.19. The van der Waals surface area contributed by atoms with E-state index < -0.39 is 0 Å². The van der Waals surface area contributed by atoms with Gasteiger partial charge in [0.1, 0.15) is 0 Å². The highest BCUT2D eigenvalue weighted by Crippen LogP contribution is 2.29. The molecule has 0 fully saturated rings. The van der Waals surface area contributed by atoms with E-state index in [1.165, 1.54) is 11.1 Å². The molecule has 0 saturated heterocycles. The fraction of sp³-hybridized carbons (Fsp3) is 0.333. The van der Waals surface area contributed by atoms with Crippen molar-refractivity contribution in [3.63, 3.8) is 0 Å². The first kappa shape index (κ1) is 15.0. The number of hydrogen-bond donors (Lipinski definition) is 1. The van der Waals surface area contributed by atoms with Crippen molar-refractivity contribution in [2.45, 2.75) is 25.8 Å². The van der Waals surface area contributed by atoms with Crippen molar-refractivity contribution in [3.05, 3.63) is 55.6 Å². The van der Waals surface area contributed by atoms with Gasteiger partial charge in [-0.2, -0.15) is 11.3 Å². The largest absolute Gasteiger partial charge is 0.310 e. The minimum absolute atomic E-state index is 0.301. The second-order valence-corrected chi connectivity index (χ2v) is 6.55. The molecule has 19 heavy (non-hydrogen) atoms. The zero-order valence-electron chi connectivity index (χ0n) is 10.8. The van der Waals surface area contributed by atoms with Gasteiger partial charge in [0, 0.05) is 15.5 Å². The molecule has 2 rings (SSSR count). The Morgan fingerprint density at radius 3 is 2.89 bits per heavy atom. The monoisotopic (exact) mass is 357 g/mol. The predicted octanol–water partition coefficient (Wildman–Crippen LogP) is 5.45. The highest BCUT2D eigenvalue weighted by Gasteiger charge is 2.14. The summed E-state index contributed by atoms with van der Waals surface area (Å²) in [5.41, 5.74) is 2.58. The smallest absolute Gasteiger partial charge is 0.0454 e. The number of benzene rings is 1. The van der Waals surface area contributed by atoms with Gasteiger partial charge in [0.05, 0.1) is 0 Å². The fourth-order valence-electron chi connectivity index (χ4n) is 2.14. The highest BCUT2D eigenvalue weighted by atomic mass is 79.9. The van der Waals surface area contributed by atoms with Crippen LogP contribution in [0.1, 0.15) is 30.5 Å². The SMILES string of the molecule is CCNC(CCc1ccsc1)c1cc(Br)ccc1Cl. The predicted molar refractivity (Wildman–Crippen MR) is 88.2 cm³/mol. The second kappa shape index (κ2) is 7.44. The van der Waals surface area contributed by atoms with Gasteiger partial charge in [-0.25, -0.2) is 0 Å². The number of rotatable bonds is 6. The quantitative estimate of drug-likeness (QED) is 0.724. The lowest BCUT2D eigenvalue weighted by atomic mass is 10.00. The molecule has 0 aliphatic heterocycles. The van der Waals surface area contributed by atoms with E-state index in [0.29, 0.717) is 6.04 Å². The average Bonchev–Trinajstić information content (AvgIpc) is 2.91. The average molecular weight is 359 g/mol. The minimum atomic E-state index is 0.301. The number of thiophene rings is 1. The summed E-state index contributed by atoms with van der Waals surface area (Å²) in [6.45, 7) is 3.07. The van der Waals surface area contributed by atoms with Gasteiger partial charge in [-0.1, -0.05) is 34.5 Å². The van der Waals surface area contributed by atoms with Crippen LogP contribution < -0.4 is 5.32 Å². The zero-order chi connectivity index (χ0) is 13.7. The molecule has 4 heteroatoms. The molecule has 2 aromatic rings. The van der Waals surface area contributed by atoms with Gasteiger partial charge >= 0.3 is 0 Å². The van der Waals surface area contributed by atoms with E-state index in [1.54, 1.807) is 11.3 Å². The van der Waals surface area contributed by atoms with Crippen LogP contribution >= 0.6 is 38.9 Å². The number of halogens is 2. The molecule has 0 aliphatic carbocycles. The van der Waals surface area contributed by atoms with Crippen molar-refractivity contribution < 1.29 is 0 Å². The summed E-state index contributed by atoms with van der Waals surface area (Å²) in [4.78, 5) is 0. The Morgan fingerprint density at radius 1 is 1.37 bits per heavy atom. The van der Waals surface area contributed by atoms with Crippen molar-refractivity contribution in [2.75, 3.05) is 6.54 Å². The molecule has 1 heterocycles. The second-order valence-electron chi connectivity index (χ2n) is 4.45. The lowest BCUT2D eigenvalue weighted by molar-refractivity contribution is 0.515. The van der Waals surface area contributed by atoms with Crippen LogP contribution in [0.2, 0.25) is 5.02 Å². The van der Waals surface area contributed by atoms with Crippen molar-refractivity contribution in [3.8, 4) is 0 Å². The molecule has 1 aromatic carbocycles. The minimum Gasteiger partial charge on any atom is -0.310 e. The third-order valence-electron chi connectivity index (χ3n) is 3.09. The molecule has 0 aliphatic rings. The first-order valence-electron chi connectivity index (χ1n) is 6.40. The Bertz CT molecular complexity index is 513. The summed E-state index contributed by atoms with van der Waals surface area (Å²) >= 11 is 11.6. The summed E-state index contributed by atoms with van der Waals surface area (Å²) in [5.74, 6) is 0. The third-order valence-corrected chi connectivity index (χ3v) is 4.66. The molecule has 0 spiro atoms. The molecule has 1 aromatic heterocycles. The Morgan fingerprint density at radius 2 is 2.21 bits per heavy atom. The third kappa shape index (κ3) is 4.32. The maximum absolute atomic E-state index is 6.33. The van der Waals surface area contributed by atoms with E-state index in [-0.39, 0.29) is 0 Å². The van der Waals surface area contributed by atoms with Crippen LogP contribution in [-0.4, -0.2) is 6.54 Å². The van der Waals surface area contributed by atoms with Crippen LogP contribution in [0.3, 0.4) is 0 Å². The van der Waals surface area contributed by atoms with E-state index >= 15 is 0 Å². The van der Waals surface area contributed by atoms with Gasteiger partial charge in [-0.15, -0.1) is 0 Å². The van der Waals surface area contributed by atoms with E-state index in [4.69, 9.17) is 11.6 Å². The highest BCUT2D eigenvalue weighted by molar-refractivity contribution is 9.10. The summed E-state index contributed by atoms with van der Waals surface area (Å²) in [5, 5.41) is 8.70. The normalized spacial score (nSPS) is 12.6. The van der Waals surface area contributed by atoms with Crippen LogP contribution in [0.25, 0.3) is 0 Å². The van der Waals surface area contributed by atoms with E-state index in [1.807, 2.05) is 12.1 Å². The first-order valence-corrected chi connectivity index (χ1v) is 8.51. The standard InChI is InChI=1S/C15H17BrClNS/c1-2-18-15(6-3-11-7-8-19-10-11)13-9-12(16)4-5-14(13)17/h4-5,7-10,15,18H,2-3,6H2,1H3. The summed E-state index contributed by atoms with van der Waals surface area (Å²) < 4.78 is 1.07. The Kier molecular flexibility index (Phi) is 5.89. The summed E-state index contributed by atoms with van der Waals surface area (Å²) in [6.07, 6.45) is 2.13. The van der Waals surface area contributed by atoms with Gasteiger partial charge in [0.15, 0.2) is 0 Å². The summed E-state index contributed by atoms with van der Waals surface area (Å²) in [6, 6.07) is 8.54. The molecular formula is C15H17BrClNS. The van der Waals surface area contributed by atoms with E-state index in [0.717, 1.165) is 28.9 Å². The van der Waals surface area contributed by atoms with Gasteiger partial charge in [-0.05, 0) is 65.5 Å². The molecule has 0 saturated carbocycles. The van der Waals surface area contributed by atoms with Gasteiger partial charge in [-0.3, -0.25) is 0 Å². The number of nitrogens with one attached hydrogen (secondary N) is 1. The molecule has 1 N–H and O–H groups in total. The maximum atomic E-state index is 6.33. The van der Waals surface area contributed by atoms with Gasteiger partial charge in [0.2, 0.25) is 0 Å². The molecule has 102 valence electrons. The van der Waals surface area contributed by atoms with Crippen molar-refractivity contribution >= 4 is 38.9 Å². The zero-order valence-corrected chi connectivity index (χ0v) is 14.0. The van der Waals surface area contributed by atoms with Crippen molar-refractivity contribution in [2.24, 2.45) is 0 Å². The topological polar surface area (TPSA) is 12.0 Å². The molecule has 1 nitrogen and oxygen atoms in total. The van der Waals surface area contributed by atoms with E-state index in [2.05, 4.69) is 51.1 Å². The molecule has 0 bridgehead atoms. The van der Waals surface area contributed by atoms with Crippen LogP contribution in [0.15, 0.2) is 39.5 Å². The van der Waals surface area contributed by atoms with E-state index in [9.17, 15) is 0 Å². The van der Waals surface area contributed by atoms with Crippen LogP contribution in [-0.2, 0) is 6.42 Å². The maximum Gasteiger partial charge on any atom is 0.0454 e. The number of hydrogen-bond acceptors (Lipinski definition) is 2. The van der Waals surface area contributed by atoms with Crippen LogP contribution in [0.5, 0.6) is 0 Å². The van der Waals surface area contributed by atoms with Crippen LogP contribution in [0.4, 0.5) is 0 Å². The Hall–Kier alpha value is -0.350. The lowest BCUT2D eigenvalue weighted by Crippen LogP contribution is -2.21. The fourth-order valence-corrected chi connectivity index (χ4v) is 3.47. The van der Waals surface area contributed by atoms with Crippen molar-refractivity contribution in [1.82, 2.24) is 5.32 Å². The first-order chi connectivity index (χ1) is 9.20. The van der Waals surface area contributed by atoms with Gasteiger partial charge in [0.25, 0.3) is 0 Å². The molecule has 0 radical (unpaired) electrons. The molecule has 1 atom stereocenters. The molecule has 0 amide bonds. The molecular weight excluding hydrogens is 342 g/mol. The van der Waals surface area contributed by atoms with Gasteiger partial charge < -0.3 is 5.32 Å².